The highest BCUT2D eigenvalue weighted by Gasteiger charge is 2.46. The number of carbonyl (C=O) groups excluding carboxylic acids is 2. The molecule has 0 bridgehead atoms. The van der Waals surface area contributed by atoms with E-state index in [0.717, 1.165) is 30.0 Å². The van der Waals surface area contributed by atoms with E-state index in [1.54, 1.807) is 36.3 Å². The van der Waals surface area contributed by atoms with E-state index >= 15 is 0 Å². The van der Waals surface area contributed by atoms with Crippen LogP contribution in [0.25, 0.3) is 5.76 Å². The van der Waals surface area contributed by atoms with E-state index in [1.807, 2.05) is 49.4 Å². The summed E-state index contributed by atoms with van der Waals surface area (Å²) in [4.78, 5) is 30.9. The second kappa shape index (κ2) is 12.5. The van der Waals surface area contributed by atoms with Gasteiger partial charge in [0, 0.05) is 38.2 Å². The van der Waals surface area contributed by atoms with E-state index < -0.39 is 17.7 Å². The Morgan fingerprint density at radius 3 is 2.53 bits per heavy atom. The van der Waals surface area contributed by atoms with Gasteiger partial charge in [-0.1, -0.05) is 36.4 Å². The second-order valence-electron chi connectivity index (χ2n) is 11.1. The minimum Gasteiger partial charge on any atom is -0.507 e. The van der Waals surface area contributed by atoms with Crippen LogP contribution < -0.4 is 14.2 Å². The van der Waals surface area contributed by atoms with Gasteiger partial charge in [0.2, 0.25) is 0 Å². The summed E-state index contributed by atoms with van der Waals surface area (Å²) in [5.41, 5.74) is 3.14. The molecular formula is C34H36N2O7. The topological polar surface area (TPSA) is 97.8 Å². The number of methoxy groups -OCH3 is 1. The minimum absolute atomic E-state index is 0.0354. The van der Waals surface area contributed by atoms with Crippen molar-refractivity contribution in [2.45, 2.75) is 32.1 Å². The first-order valence-corrected chi connectivity index (χ1v) is 14.7. The molecule has 0 unspecified atom stereocenters. The van der Waals surface area contributed by atoms with Crippen LogP contribution in [0.15, 0.2) is 72.3 Å². The summed E-state index contributed by atoms with van der Waals surface area (Å²) in [6.45, 7) is 6.01. The zero-order chi connectivity index (χ0) is 29.9. The molecule has 43 heavy (non-hydrogen) atoms. The summed E-state index contributed by atoms with van der Waals surface area (Å²) in [5.74, 6) is 0.216. The number of likely N-dealkylation sites (tertiary alicyclic amines) is 1. The molecule has 3 aromatic carbocycles. The lowest BCUT2D eigenvalue weighted by Gasteiger charge is -2.31. The first kappa shape index (κ1) is 28.8. The Morgan fingerprint density at radius 2 is 1.77 bits per heavy atom. The largest absolute Gasteiger partial charge is 0.507 e. The van der Waals surface area contributed by atoms with Crippen molar-refractivity contribution in [2.24, 2.45) is 0 Å². The van der Waals surface area contributed by atoms with E-state index in [1.165, 1.54) is 0 Å². The molecule has 1 amide bonds. The zero-order valence-electron chi connectivity index (χ0n) is 24.5. The van der Waals surface area contributed by atoms with Crippen LogP contribution in [0.2, 0.25) is 0 Å². The Labute approximate surface area is 251 Å². The van der Waals surface area contributed by atoms with Gasteiger partial charge in [-0.3, -0.25) is 14.5 Å². The maximum absolute atomic E-state index is 13.6. The third-order valence-electron chi connectivity index (χ3n) is 8.21. The molecule has 0 radical (unpaired) electrons. The quantitative estimate of drug-likeness (QED) is 0.225. The van der Waals surface area contributed by atoms with Crippen molar-refractivity contribution in [3.05, 3.63) is 94.6 Å². The molecule has 2 fully saturated rings. The Bertz CT molecular complexity index is 1530. The van der Waals surface area contributed by atoms with Gasteiger partial charge in [-0.2, -0.15) is 0 Å². The van der Waals surface area contributed by atoms with E-state index in [4.69, 9.17) is 18.9 Å². The first-order valence-electron chi connectivity index (χ1n) is 14.7. The number of aliphatic hydroxyl groups excluding tert-OH is 1. The molecule has 6 rings (SSSR count). The third-order valence-corrected chi connectivity index (χ3v) is 8.21. The Balaban J connectivity index is 1.36. The molecule has 0 aliphatic carbocycles. The SMILES string of the molecule is COc1cc([C@@H]2C(=C(O)c3ccc4c(c3)C[C@H](C)O4)C(=O)C(=O)N2CCN2CCOCC2)ccc1OCc1ccccc1. The average molecular weight is 585 g/mol. The predicted molar refractivity (Wildman–Crippen MR) is 160 cm³/mol. The maximum Gasteiger partial charge on any atom is 0.295 e. The van der Waals surface area contributed by atoms with E-state index in [9.17, 15) is 14.7 Å². The van der Waals surface area contributed by atoms with Gasteiger partial charge in [-0.15, -0.1) is 0 Å². The van der Waals surface area contributed by atoms with Crippen LogP contribution in [0.1, 0.15) is 35.2 Å². The van der Waals surface area contributed by atoms with Gasteiger partial charge < -0.3 is 29.0 Å². The van der Waals surface area contributed by atoms with Crippen LogP contribution in [-0.4, -0.2) is 79.2 Å². The number of hydrogen-bond acceptors (Lipinski definition) is 8. The van der Waals surface area contributed by atoms with Crippen LogP contribution in [0.3, 0.4) is 0 Å². The lowest BCUT2D eigenvalue weighted by atomic mass is 9.94. The maximum atomic E-state index is 13.6. The van der Waals surface area contributed by atoms with Crippen molar-refractivity contribution < 1.29 is 33.6 Å². The summed E-state index contributed by atoms with van der Waals surface area (Å²) >= 11 is 0. The van der Waals surface area contributed by atoms with Crippen molar-refractivity contribution >= 4 is 17.4 Å². The molecule has 3 heterocycles. The standard InChI is InChI=1S/C34H36N2O7/c1-22-18-26-19-25(9-10-27(26)43-22)32(37)30-31(36(34(39)33(30)38)13-12-35-14-16-41-17-15-35)24-8-11-28(29(20-24)40-2)42-21-23-6-4-3-5-7-23/h3-11,19-20,22,31,37H,12-18,21H2,1-2H3/t22-,31+/m0/s1. The van der Waals surface area contributed by atoms with Crippen LogP contribution in [0.5, 0.6) is 17.2 Å². The lowest BCUT2D eigenvalue weighted by molar-refractivity contribution is -0.140. The first-order chi connectivity index (χ1) is 20.9. The number of morpholine rings is 1. The fourth-order valence-electron chi connectivity index (χ4n) is 5.96. The molecule has 3 aliphatic rings. The number of hydrogen-bond donors (Lipinski definition) is 1. The molecule has 3 aliphatic heterocycles. The number of benzene rings is 3. The summed E-state index contributed by atoms with van der Waals surface area (Å²) in [6.07, 6.45) is 0.739. The van der Waals surface area contributed by atoms with Gasteiger partial charge in [0.15, 0.2) is 11.5 Å². The summed E-state index contributed by atoms with van der Waals surface area (Å²) in [5, 5.41) is 11.6. The van der Waals surface area contributed by atoms with Gasteiger partial charge in [-0.25, -0.2) is 0 Å². The fraction of sp³-hybridized carbons (Fsp3) is 0.353. The lowest BCUT2D eigenvalue weighted by Crippen LogP contribution is -2.42. The van der Waals surface area contributed by atoms with E-state index in [-0.39, 0.29) is 17.4 Å². The normalized spacial score (nSPS) is 21.5. The van der Waals surface area contributed by atoms with Gasteiger partial charge in [0.05, 0.1) is 31.9 Å². The molecule has 9 nitrogen and oxygen atoms in total. The van der Waals surface area contributed by atoms with Crippen molar-refractivity contribution in [1.82, 2.24) is 9.80 Å². The molecule has 0 aromatic heterocycles. The Morgan fingerprint density at radius 1 is 0.977 bits per heavy atom. The summed E-state index contributed by atoms with van der Waals surface area (Å²) < 4.78 is 23.0. The van der Waals surface area contributed by atoms with Crippen molar-refractivity contribution in [1.29, 1.82) is 0 Å². The van der Waals surface area contributed by atoms with Crippen LogP contribution in [0, 0.1) is 0 Å². The molecule has 3 aromatic rings. The molecule has 224 valence electrons. The van der Waals surface area contributed by atoms with Crippen LogP contribution >= 0.6 is 0 Å². The third kappa shape index (κ3) is 5.96. The van der Waals surface area contributed by atoms with Crippen LogP contribution in [-0.2, 0) is 27.4 Å². The van der Waals surface area contributed by atoms with Gasteiger partial charge in [-0.05, 0) is 53.9 Å². The van der Waals surface area contributed by atoms with E-state index in [2.05, 4.69) is 4.90 Å². The number of rotatable bonds is 9. The van der Waals surface area contributed by atoms with Crippen molar-refractivity contribution in [3.63, 3.8) is 0 Å². The number of Topliss-reactive ketones (excluding diaryl/α,β-unsaturated/α-hetero) is 1. The molecule has 1 N–H and O–H groups in total. The second-order valence-corrected chi connectivity index (χ2v) is 11.1. The molecule has 0 spiro atoms. The highest BCUT2D eigenvalue weighted by atomic mass is 16.5. The zero-order valence-corrected chi connectivity index (χ0v) is 24.5. The number of fused-ring (bicyclic) bond motifs is 1. The Hall–Kier alpha value is -4.34. The highest BCUT2D eigenvalue weighted by Crippen LogP contribution is 2.43. The predicted octanol–water partition coefficient (Wildman–Crippen LogP) is 4.35. The number of ether oxygens (including phenoxy) is 4. The van der Waals surface area contributed by atoms with Crippen molar-refractivity contribution in [2.75, 3.05) is 46.5 Å². The van der Waals surface area contributed by atoms with Crippen LogP contribution in [0.4, 0.5) is 0 Å². The molecule has 9 heteroatoms. The highest BCUT2D eigenvalue weighted by molar-refractivity contribution is 6.46. The fourth-order valence-corrected chi connectivity index (χ4v) is 5.96. The minimum atomic E-state index is -0.804. The molecule has 2 saturated heterocycles. The number of amides is 1. The number of ketones is 1. The Kier molecular flexibility index (Phi) is 8.35. The summed E-state index contributed by atoms with van der Waals surface area (Å²) in [6, 6.07) is 19.8. The van der Waals surface area contributed by atoms with Crippen molar-refractivity contribution in [3.8, 4) is 17.2 Å². The number of carbonyl (C=O) groups is 2. The monoisotopic (exact) mass is 584 g/mol. The van der Waals surface area contributed by atoms with Gasteiger partial charge in [0.25, 0.3) is 11.7 Å². The molecule has 0 saturated carbocycles. The summed E-state index contributed by atoms with van der Waals surface area (Å²) in [7, 11) is 1.55. The number of aliphatic hydroxyl groups is 1. The van der Waals surface area contributed by atoms with Gasteiger partial charge >= 0.3 is 0 Å². The van der Waals surface area contributed by atoms with E-state index in [0.29, 0.717) is 62.0 Å². The smallest absolute Gasteiger partial charge is 0.295 e. The number of nitrogens with zero attached hydrogens (tertiary/aromatic N) is 2. The average Bonchev–Trinajstić information content (AvgIpc) is 3.54. The molecule has 2 atom stereocenters. The van der Waals surface area contributed by atoms with Gasteiger partial charge in [0.1, 0.15) is 24.2 Å². The molecular weight excluding hydrogens is 548 g/mol.